The first-order valence-corrected chi connectivity index (χ1v) is 8.22. The van der Waals surface area contributed by atoms with Crippen LogP contribution in [0.3, 0.4) is 0 Å². The zero-order chi connectivity index (χ0) is 17.5. The van der Waals surface area contributed by atoms with Gasteiger partial charge in [0.2, 0.25) is 5.95 Å². The van der Waals surface area contributed by atoms with Gasteiger partial charge in [0.25, 0.3) is 0 Å². The molecule has 6 nitrogen and oxygen atoms in total. The van der Waals surface area contributed by atoms with E-state index in [0.717, 1.165) is 17.0 Å². The molecule has 0 unspecified atom stereocenters. The van der Waals surface area contributed by atoms with Crippen molar-refractivity contribution < 1.29 is 4.74 Å². The summed E-state index contributed by atoms with van der Waals surface area (Å²) in [7, 11) is 0. The Labute approximate surface area is 147 Å². The van der Waals surface area contributed by atoms with E-state index in [1.807, 2.05) is 31.2 Å². The summed E-state index contributed by atoms with van der Waals surface area (Å²) in [5, 5.41) is 14.4. The molecule has 0 saturated carbocycles. The molecule has 3 aromatic rings. The van der Waals surface area contributed by atoms with Crippen molar-refractivity contribution in [2.75, 3.05) is 17.2 Å². The lowest BCUT2D eigenvalue weighted by atomic mass is 10.1. The predicted molar refractivity (Wildman–Crippen MR) is 99.2 cm³/mol. The molecular formula is C19H21N5O. The van der Waals surface area contributed by atoms with Crippen LogP contribution >= 0.6 is 0 Å². The van der Waals surface area contributed by atoms with Gasteiger partial charge in [-0.1, -0.05) is 42.0 Å². The Morgan fingerprint density at radius 3 is 2.64 bits per heavy atom. The van der Waals surface area contributed by atoms with Crippen LogP contribution in [0.25, 0.3) is 0 Å². The standard InChI is InChI=1S/C19H21N5O/c1-3-25-17-7-5-4-6-16(17)22-18-13-21-24-19(23-18)20-12-15-10-8-14(2)9-11-15/h4-11,13H,3,12H2,1-2H3,(H2,20,22,23,24). The highest BCUT2D eigenvalue weighted by atomic mass is 16.5. The van der Waals surface area contributed by atoms with E-state index in [1.165, 1.54) is 5.56 Å². The van der Waals surface area contributed by atoms with Crippen LogP contribution in [0.4, 0.5) is 17.5 Å². The van der Waals surface area contributed by atoms with Gasteiger partial charge in [-0.2, -0.15) is 10.1 Å². The first kappa shape index (κ1) is 16.7. The fourth-order valence-corrected chi connectivity index (χ4v) is 2.31. The Hall–Kier alpha value is -3.15. The molecule has 6 heteroatoms. The van der Waals surface area contributed by atoms with Crippen LogP contribution < -0.4 is 15.4 Å². The molecule has 3 rings (SSSR count). The molecule has 0 amide bonds. The van der Waals surface area contributed by atoms with Crippen LogP contribution in [0.2, 0.25) is 0 Å². The highest BCUT2D eigenvalue weighted by molar-refractivity contribution is 5.63. The summed E-state index contributed by atoms with van der Waals surface area (Å²) < 4.78 is 5.61. The predicted octanol–water partition coefficient (Wildman–Crippen LogP) is 3.93. The molecule has 0 spiro atoms. The number of hydrogen-bond acceptors (Lipinski definition) is 6. The van der Waals surface area contributed by atoms with Crippen molar-refractivity contribution in [3.8, 4) is 5.75 Å². The van der Waals surface area contributed by atoms with Gasteiger partial charge in [0.15, 0.2) is 5.82 Å². The maximum absolute atomic E-state index is 5.61. The highest BCUT2D eigenvalue weighted by Crippen LogP contribution is 2.26. The summed E-state index contributed by atoms with van der Waals surface area (Å²) in [5.41, 5.74) is 3.24. The van der Waals surface area contributed by atoms with Gasteiger partial charge in [-0.15, -0.1) is 5.10 Å². The fraction of sp³-hybridized carbons (Fsp3) is 0.211. The molecule has 0 saturated heterocycles. The number of ether oxygens (including phenoxy) is 1. The van der Waals surface area contributed by atoms with E-state index >= 15 is 0 Å². The molecular weight excluding hydrogens is 314 g/mol. The van der Waals surface area contributed by atoms with E-state index in [1.54, 1.807) is 6.20 Å². The van der Waals surface area contributed by atoms with Gasteiger partial charge >= 0.3 is 0 Å². The molecule has 0 aliphatic heterocycles. The van der Waals surface area contributed by atoms with E-state index in [-0.39, 0.29) is 0 Å². The topological polar surface area (TPSA) is 72.0 Å². The zero-order valence-electron chi connectivity index (χ0n) is 14.4. The van der Waals surface area contributed by atoms with Gasteiger partial charge in [-0.05, 0) is 31.5 Å². The summed E-state index contributed by atoms with van der Waals surface area (Å²) in [4.78, 5) is 4.45. The van der Waals surface area contributed by atoms with Crippen LogP contribution in [0.1, 0.15) is 18.1 Å². The quantitative estimate of drug-likeness (QED) is 0.681. The molecule has 0 bridgehead atoms. The third kappa shape index (κ3) is 4.67. The number of nitrogens with zero attached hydrogens (tertiary/aromatic N) is 3. The Morgan fingerprint density at radius 2 is 1.84 bits per heavy atom. The number of benzene rings is 2. The Kier molecular flexibility index (Phi) is 5.41. The summed E-state index contributed by atoms with van der Waals surface area (Å²) in [5.74, 6) is 1.85. The largest absolute Gasteiger partial charge is 0.492 e. The third-order valence-corrected chi connectivity index (χ3v) is 3.58. The lowest BCUT2D eigenvalue weighted by Crippen LogP contribution is -2.06. The molecule has 25 heavy (non-hydrogen) atoms. The molecule has 0 aliphatic rings. The van der Waals surface area contributed by atoms with E-state index in [9.17, 15) is 0 Å². The SMILES string of the molecule is CCOc1ccccc1Nc1cnnc(NCc2ccc(C)cc2)n1. The summed E-state index contributed by atoms with van der Waals surface area (Å²) in [6, 6.07) is 16.0. The van der Waals surface area contributed by atoms with Gasteiger partial charge in [-0.25, -0.2) is 0 Å². The van der Waals surface area contributed by atoms with Crippen molar-refractivity contribution in [2.45, 2.75) is 20.4 Å². The number of para-hydroxylation sites is 2. The summed E-state index contributed by atoms with van der Waals surface area (Å²) in [6.45, 7) is 5.26. The average molecular weight is 335 g/mol. The number of anilines is 3. The van der Waals surface area contributed by atoms with Gasteiger partial charge in [-0.3, -0.25) is 0 Å². The van der Waals surface area contributed by atoms with E-state index in [4.69, 9.17) is 4.74 Å². The van der Waals surface area contributed by atoms with E-state index < -0.39 is 0 Å². The number of nitrogens with one attached hydrogen (secondary N) is 2. The third-order valence-electron chi connectivity index (χ3n) is 3.58. The van der Waals surface area contributed by atoms with Crippen molar-refractivity contribution in [1.29, 1.82) is 0 Å². The number of aryl methyl sites for hydroxylation is 1. The average Bonchev–Trinajstić information content (AvgIpc) is 2.63. The second-order valence-electron chi connectivity index (χ2n) is 5.56. The van der Waals surface area contributed by atoms with Gasteiger partial charge < -0.3 is 15.4 Å². The van der Waals surface area contributed by atoms with Crippen LogP contribution in [-0.2, 0) is 6.54 Å². The van der Waals surface area contributed by atoms with Crippen LogP contribution in [0.5, 0.6) is 5.75 Å². The van der Waals surface area contributed by atoms with Gasteiger partial charge in [0, 0.05) is 6.54 Å². The van der Waals surface area contributed by atoms with Crippen LogP contribution in [0.15, 0.2) is 54.7 Å². The maximum Gasteiger partial charge on any atom is 0.244 e. The van der Waals surface area contributed by atoms with Gasteiger partial charge in [0.05, 0.1) is 18.5 Å². The Morgan fingerprint density at radius 1 is 1.04 bits per heavy atom. The molecule has 1 heterocycles. The minimum atomic E-state index is 0.472. The number of hydrogen-bond donors (Lipinski definition) is 2. The highest BCUT2D eigenvalue weighted by Gasteiger charge is 2.05. The lowest BCUT2D eigenvalue weighted by molar-refractivity contribution is 0.342. The first-order chi connectivity index (χ1) is 12.2. The zero-order valence-corrected chi connectivity index (χ0v) is 14.4. The molecule has 0 fully saturated rings. The maximum atomic E-state index is 5.61. The fourth-order valence-electron chi connectivity index (χ4n) is 2.31. The molecule has 2 N–H and O–H groups in total. The minimum absolute atomic E-state index is 0.472. The van der Waals surface area contributed by atoms with E-state index in [0.29, 0.717) is 24.9 Å². The first-order valence-electron chi connectivity index (χ1n) is 8.22. The summed E-state index contributed by atoms with van der Waals surface area (Å²) in [6.07, 6.45) is 1.58. The minimum Gasteiger partial charge on any atom is -0.492 e. The van der Waals surface area contributed by atoms with Crippen molar-refractivity contribution in [3.05, 3.63) is 65.9 Å². The normalized spacial score (nSPS) is 10.3. The lowest BCUT2D eigenvalue weighted by Gasteiger charge is -2.12. The number of rotatable bonds is 7. The van der Waals surface area contributed by atoms with E-state index in [2.05, 4.69) is 57.0 Å². The second kappa shape index (κ2) is 8.10. The molecule has 0 aliphatic carbocycles. The molecule has 2 aromatic carbocycles. The Bertz CT molecular complexity index is 820. The summed E-state index contributed by atoms with van der Waals surface area (Å²) >= 11 is 0. The molecule has 1 aromatic heterocycles. The smallest absolute Gasteiger partial charge is 0.244 e. The molecule has 128 valence electrons. The number of aromatic nitrogens is 3. The Balaban J connectivity index is 1.68. The van der Waals surface area contributed by atoms with Crippen LogP contribution in [0, 0.1) is 6.92 Å². The van der Waals surface area contributed by atoms with Crippen molar-refractivity contribution >= 4 is 17.5 Å². The van der Waals surface area contributed by atoms with Crippen LogP contribution in [-0.4, -0.2) is 21.8 Å². The molecule has 0 radical (unpaired) electrons. The second-order valence-corrected chi connectivity index (χ2v) is 5.56. The van der Waals surface area contributed by atoms with Crippen molar-refractivity contribution in [3.63, 3.8) is 0 Å². The van der Waals surface area contributed by atoms with Gasteiger partial charge in [0.1, 0.15) is 5.75 Å². The van der Waals surface area contributed by atoms with Crippen molar-refractivity contribution in [2.24, 2.45) is 0 Å². The monoisotopic (exact) mass is 335 g/mol. The molecule has 0 atom stereocenters. The van der Waals surface area contributed by atoms with Crippen molar-refractivity contribution in [1.82, 2.24) is 15.2 Å².